The summed E-state index contributed by atoms with van der Waals surface area (Å²) in [6, 6.07) is 4.91. The maximum atomic E-state index is 12.7. The van der Waals surface area contributed by atoms with Gasteiger partial charge in [-0.1, -0.05) is 6.42 Å². The van der Waals surface area contributed by atoms with Gasteiger partial charge in [0.25, 0.3) is 0 Å². The van der Waals surface area contributed by atoms with E-state index in [2.05, 4.69) is 0 Å². The van der Waals surface area contributed by atoms with Crippen LogP contribution in [0.15, 0.2) is 23.1 Å². The molecular formula is C16H23NO3S. The second-order valence-electron chi connectivity index (χ2n) is 6.35. The zero-order valence-corrected chi connectivity index (χ0v) is 13.2. The molecule has 116 valence electrons. The van der Waals surface area contributed by atoms with Crippen molar-refractivity contribution in [2.24, 2.45) is 17.8 Å². The van der Waals surface area contributed by atoms with E-state index < -0.39 is 9.84 Å². The Morgan fingerprint density at radius 1 is 1.29 bits per heavy atom. The molecule has 2 N–H and O–H groups in total. The monoisotopic (exact) mass is 309 g/mol. The molecule has 3 rings (SSSR count). The van der Waals surface area contributed by atoms with E-state index in [1.165, 1.54) is 19.3 Å². The number of benzene rings is 1. The molecule has 1 aromatic rings. The smallest absolute Gasteiger partial charge is 0.180 e. The van der Waals surface area contributed by atoms with Gasteiger partial charge in [0.05, 0.1) is 22.9 Å². The molecule has 4 nitrogen and oxygen atoms in total. The van der Waals surface area contributed by atoms with Crippen molar-refractivity contribution in [1.82, 2.24) is 0 Å². The van der Waals surface area contributed by atoms with Crippen LogP contribution in [0.3, 0.4) is 0 Å². The Balaban J connectivity index is 1.82. The van der Waals surface area contributed by atoms with Gasteiger partial charge in [0, 0.05) is 6.07 Å². The molecule has 0 spiro atoms. The van der Waals surface area contributed by atoms with Crippen LogP contribution in [-0.2, 0) is 9.84 Å². The second kappa shape index (κ2) is 5.52. The van der Waals surface area contributed by atoms with Gasteiger partial charge < -0.3 is 10.5 Å². The van der Waals surface area contributed by atoms with E-state index in [9.17, 15) is 8.42 Å². The summed E-state index contributed by atoms with van der Waals surface area (Å²) in [5.41, 5.74) is 6.21. The lowest BCUT2D eigenvalue weighted by Crippen LogP contribution is -2.22. The number of ether oxygens (including phenoxy) is 1. The maximum Gasteiger partial charge on any atom is 0.180 e. The average molecular weight is 309 g/mol. The van der Waals surface area contributed by atoms with Crippen LogP contribution < -0.4 is 10.5 Å². The van der Waals surface area contributed by atoms with Gasteiger partial charge in [-0.2, -0.15) is 0 Å². The van der Waals surface area contributed by atoms with Crippen molar-refractivity contribution in [2.45, 2.75) is 37.5 Å². The molecule has 0 saturated heterocycles. The highest BCUT2D eigenvalue weighted by atomic mass is 32.2. The van der Waals surface area contributed by atoms with Crippen molar-refractivity contribution in [3.05, 3.63) is 18.2 Å². The molecular weight excluding hydrogens is 286 g/mol. The summed E-state index contributed by atoms with van der Waals surface area (Å²) < 4.78 is 30.8. The Kier molecular flexibility index (Phi) is 3.86. The van der Waals surface area contributed by atoms with E-state index in [1.54, 1.807) is 18.2 Å². The zero-order valence-electron chi connectivity index (χ0n) is 12.4. The molecule has 3 unspecified atom stereocenters. The summed E-state index contributed by atoms with van der Waals surface area (Å²) in [4.78, 5) is 0.233. The van der Waals surface area contributed by atoms with Gasteiger partial charge in [-0.05, 0) is 56.1 Å². The van der Waals surface area contributed by atoms with Gasteiger partial charge in [0.2, 0.25) is 0 Å². The molecule has 0 amide bonds. The molecule has 2 aliphatic rings. The standard InChI is InChI=1S/C16H23NO3S/c1-2-20-14-5-6-15(17)16(9-14)21(18,19)10-13-8-11-3-4-12(13)7-11/h5-6,9,11-13H,2-4,7-8,10,17H2,1H3. The van der Waals surface area contributed by atoms with Gasteiger partial charge in [0.15, 0.2) is 9.84 Å². The van der Waals surface area contributed by atoms with Crippen LogP contribution in [0.4, 0.5) is 5.69 Å². The molecule has 0 heterocycles. The number of nitrogens with two attached hydrogens (primary N) is 1. The Bertz CT molecular complexity index is 626. The summed E-state index contributed by atoms with van der Waals surface area (Å²) in [5, 5.41) is 0. The van der Waals surface area contributed by atoms with E-state index >= 15 is 0 Å². The number of sulfone groups is 1. The van der Waals surface area contributed by atoms with Crippen LogP contribution in [-0.4, -0.2) is 20.8 Å². The highest BCUT2D eigenvalue weighted by Crippen LogP contribution is 2.49. The van der Waals surface area contributed by atoms with Crippen molar-refractivity contribution in [1.29, 1.82) is 0 Å². The fourth-order valence-corrected chi connectivity index (χ4v) is 5.87. The first kappa shape index (κ1) is 14.7. The summed E-state index contributed by atoms with van der Waals surface area (Å²) in [7, 11) is -3.34. The minimum Gasteiger partial charge on any atom is -0.494 e. The van der Waals surface area contributed by atoms with E-state index in [0.29, 0.717) is 29.9 Å². The molecule has 5 heteroatoms. The van der Waals surface area contributed by atoms with Crippen LogP contribution in [0.1, 0.15) is 32.6 Å². The predicted octanol–water partition coefficient (Wildman–Crippen LogP) is 2.88. The first-order valence-electron chi connectivity index (χ1n) is 7.74. The topological polar surface area (TPSA) is 69.4 Å². The highest BCUT2D eigenvalue weighted by Gasteiger charge is 2.41. The molecule has 0 radical (unpaired) electrons. The number of nitrogen functional groups attached to an aromatic ring is 1. The number of hydrogen-bond acceptors (Lipinski definition) is 4. The largest absolute Gasteiger partial charge is 0.494 e. The molecule has 0 aliphatic heterocycles. The van der Waals surface area contributed by atoms with Gasteiger partial charge in [-0.15, -0.1) is 0 Å². The normalized spacial score (nSPS) is 28.0. The van der Waals surface area contributed by atoms with Crippen molar-refractivity contribution in [3.8, 4) is 5.75 Å². The second-order valence-corrected chi connectivity index (χ2v) is 8.35. The molecule has 0 aromatic heterocycles. The average Bonchev–Trinajstić information content (AvgIpc) is 3.03. The first-order valence-corrected chi connectivity index (χ1v) is 9.40. The summed E-state index contributed by atoms with van der Waals surface area (Å²) >= 11 is 0. The Hall–Kier alpha value is -1.23. The summed E-state index contributed by atoms with van der Waals surface area (Å²) in [6.07, 6.45) is 4.76. The number of anilines is 1. The molecule has 2 fully saturated rings. The van der Waals surface area contributed by atoms with E-state index in [-0.39, 0.29) is 10.6 Å². The molecule has 1 aromatic carbocycles. The predicted molar refractivity (Wildman–Crippen MR) is 83.0 cm³/mol. The lowest BCUT2D eigenvalue weighted by atomic mass is 9.90. The van der Waals surface area contributed by atoms with Crippen LogP contribution in [0.25, 0.3) is 0 Å². The van der Waals surface area contributed by atoms with Crippen LogP contribution in [0.2, 0.25) is 0 Å². The minimum atomic E-state index is -3.34. The fourth-order valence-electron chi connectivity index (χ4n) is 3.99. The highest BCUT2D eigenvalue weighted by molar-refractivity contribution is 7.91. The molecule has 3 atom stereocenters. The van der Waals surface area contributed by atoms with Gasteiger partial charge in [-0.25, -0.2) is 8.42 Å². The Morgan fingerprint density at radius 2 is 2.10 bits per heavy atom. The number of fused-ring (bicyclic) bond motifs is 2. The van der Waals surface area contributed by atoms with E-state index in [0.717, 1.165) is 12.3 Å². The zero-order chi connectivity index (χ0) is 15.0. The van der Waals surface area contributed by atoms with Gasteiger partial charge in [-0.3, -0.25) is 0 Å². The minimum absolute atomic E-state index is 0.230. The molecule has 2 bridgehead atoms. The van der Waals surface area contributed by atoms with Gasteiger partial charge >= 0.3 is 0 Å². The summed E-state index contributed by atoms with van der Waals surface area (Å²) in [6.45, 7) is 2.38. The Labute approximate surface area is 126 Å². The van der Waals surface area contributed by atoms with E-state index in [4.69, 9.17) is 10.5 Å². The molecule has 21 heavy (non-hydrogen) atoms. The fraction of sp³-hybridized carbons (Fsp3) is 0.625. The van der Waals surface area contributed by atoms with Crippen molar-refractivity contribution >= 4 is 15.5 Å². The third-order valence-corrected chi connectivity index (χ3v) is 6.84. The van der Waals surface area contributed by atoms with Crippen LogP contribution in [0.5, 0.6) is 5.75 Å². The Morgan fingerprint density at radius 3 is 2.71 bits per heavy atom. The van der Waals surface area contributed by atoms with E-state index in [1.807, 2.05) is 6.92 Å². The van der Waals surface area contributed by atoms with Crippen molar-refractivity contribution in [2.75, 3.05) is 18.1 Å². The third kappa shape index (κ3) is 2.89. The van der Waals surface area contributed by atoms with Crippen molar-refractivity contribution in [3.63, 3.8) is 0 Å². The number of rotatable bonds is 5. The third-order valence-electron chi connectivity index (χ3n) is 4.95. The quantitative estimate of drug-likeness (QED) is 0.849. The summed E-state index contributed by atoms with van der Waals surface area (Å²) in [5.74, 6) is 2.46. The first-order chi connectivity index (χ1) is 9.99. The number of hydrogen-bond donors (Lipinski definition) is 1. The van der Waals surface area contributed by atoms with Gasteiger partial charge in [0.1, 0.15) is 5.75 Å². The lowest BCUT2D eigenvalue weighted by molar-refractivity contribution is 0.339. The maximum absolute atomic E-state index is 12.7. The lowest BCUT2D eigenvalue weighted by Gasteiger charge is -2.21. The SMILES string of the molecule is CCOc1ccc(N)c(S(=O)(=O)CC2CC3CCC2C3)c1. The molecule has 2 saturated carbocycles. The van der Waals surface area contributed by atoms with Crippen LogP contribution >= 0.6 is 0 Å². The molecule has 2 aliphatic carbocycles. The van der Waals surface area contributed by atoms with Crippen LogP contribution in [0, 0.1) is 17.8 Å². The van der Waals surface area contributed by atoms with Crippen molar-refractivity contribution < 1.29 is 13.2 Å².